The van der Waals surface area contributed by atoms with Crippen LogP contribution < -0.4 is 0 Å². The van der Waals surface area contributed by atoms with Crippen molar-refractivity contribution in [2.24, 2.45) is 11.8 Å². The van der Waals surface area contributed by atoms with Gasteiger partial charge in [-0.05, 0) is 86.9 Å². The molecule has 0 unspecified atom stereocenters. The Morgan fingerprint density at radius 2 is 1.54 bits per heavy atom. The number of carbonyl (C=O) groups is 2. The number of benzene rings is 2. The molecule has 0 bridgehead atoms. The molecule has 7 nitrogen and oxygen atoms in total. The Hall–Kier alpha value is -4.33. The summed E-state index contributed by atoms with van der Waals surface area (Å²) in [6.07, 6.45) is 6.86. The van der Waals surface area contributed by atoms with Crippen LogP contribution in [0.4, 0.5) is 5.69 Å². The Morgan fingerprint density at radius 3 is 2.15 bits per heavy atom. The molecule has 7 heteroatoms. The molecule has 0 radical (unpaired) electrons. The van der Waals surface area contributed by atoms with E-state index >= 15 is 0 Å². The Labute approximate surface area is 242 Å². The highest BCUT2D eigenvalue weighted by atomic mass is 16.2. The lowest BCUT2D eigenvalue weighted by Crippen LogP contribution is -2.39. The van der Waals surface area contributed by atoms with Gasteiger partial charge in [-0.2, -0.15) is 5.26 Å². The quantitative estimate of drug-likeness (QED) is 0.253. The molecular formula is C34H35N5O2. The van der Waals surface area contributed by atoms with Crippen LogP contribution in [0.2, 0.25) is 0 Å². The number of rotatable bonds is 8. The monoisotopic (exact) mass is 545 g/mol. The maximum absolute atomic E-state index is 13.1. The van der Waals surface area contributed by atoms with E-state index in [9.17, 15) is 9.59 Å². The second kappa shape index (κ2) is 13.4. The first-order chi connectivity index (χ1) is 20.0. The zero-order valence-corrected chi connectivity index (χ0v) is 23.3. The summed E-state index contributed by atoms with van der Waals surface area (Å²) in [6, 6.07) is 21.1. The average molecular weight is 546 g/mol. The molecular weight excluding hydrogens is 510 g/mol. The number of Topliss-reactive ketones (excluding diaryl/α,β-unsaturated/α-hetero) is 1. The number of pyridine rings is 1. The van der Waals surface area contributed by atoms with Gasteiger partial charge in [-0.3, -0.25) is 19.5 Å². The fourth-order valence-corrected chi connectivity index (χ4v) is 5.91. The summed E-state index contributed by atoms with van der Waals surface area (Å²) in [5.41, 5.74) is 4.74. The van der Waals surface area contributed by atoms with Crippen molar-refractivity contribution in [1.29, 1.82) is 5.26 Å². The van der Waals surface area contributed by atoms with Crippen molar-refractivity contribution in [2.45, 2.75) is 45.1 Å². The third kappa shape index (κ3) is 7.45. The van der Waals surface area contributed by atoms with E-state index in [0.29, 0.717) is 53.9 Å². The molecule has 5 rings (SSSR count). The van der Waals surface area contributed by atoms with Crippen molar-refractivity contribution in [1.82, 2.24) is 14.8 Å². The van der Waals surface area contributed by atoms with E-state index in [-0.39, 0.29) is 11.7 Å². The first kappa shape index (κ1) is 28.2. The number of hydrogen-bond acceptors (Lipinski definition) is 5. The van der Waals surface area contributed by atoms with E-state index in [4.69, 9.17) is 11.8 Å². The first-order valence-corrected chi connectivity index (χ1v) is 14.5. The van der Waals surface area contributed by atoms with Gasteiger partial charge in [0.25, 0.3) is 5.91 Å². The molecule has 3 aromatic rings. The van der Waals surface area contributed by atoms with Crippen LogP contribution in [0.3, 0.4) is 0 Å². The smallest absolute Gasteiger partial charge is 0.255 e. The number of hydrogen-bond donors (Lipinski definition) is 0. The second-order valence-corrected chi connectivity index (χ2v) is 11.3. The van der Waals surface area contributed by atoms with Gasteiger partial charge in [0.1, 0.15) is 5.69 Å². The van der Waals surface area contributed by atoms with Crippen molar-refractivity contribution in [3.63, 3.8) is 0 Å². The van der Waals surface area contributed by atoms with Crippen molar-refractivity contribution in [2.75, 3.05) is 26.2 Å². The maximum Gasteiger partial charge on any atom is 0.255 e. The van der Waals surface area contributed by atoms with Crippen LogP contribution in [0.1, 0.15) is 69.6 Å². The van der Waals surface area contributed by atoms with E-state index in [2.05, 4.69) is 20.8 Å². The largest absolute Gasteiger partial charge is 0.339 e. The number of ketones is 1. The molecule has 208 valence electrons. The van der Waals surface area contributed by atoms with E-state index in [1.807, 2.05) is 53.4 Å². The summed E-state index contributed by atoms with van der Waals surface area (Å²) in [7, 11) is 0. The van der Waals surface area contributed by atoms with E-state index in [0.717, 1.165) is 51.7 Å². The molecule has 1 aromatic heterocycles. The van der Waals surface area contributed by atoms with Crippen molar-refractivity contribution < 1.29 is 9.59 Å². The van der Waals surface area contributed by atoms with Crippen LogP contribution in [0.25, 0.3) is 4.85 Å². The Bertz CT molecular complexity index is 1420. The van der Waals surface area contributed by atoms with Crippen LogP contribution in [0.15, 0.2) is 66.9 Å². The zero-order valence-electron chi connectivity index (χ0n) is 23.3. The standard InChI is InChI=1S/C34H35N5O2/c1-36-31-9-6-25(7-10-31)20-26-14-18-39(19-15-26)34(41)30-8-11-32(37-23-30)33(40)21-27-12-16-38(17-13-27)24-29-4-2-28(22-35)3-5-29/h2-11,23,26-27H,12-21,24H2. The topological polar surface area (TPSA) is 81.7 Å². The van der Waals surface area contributed by atoms with Gasteiger partial charge in [0.15, 0.2) is 11.5 Å². The Balaban J connectivity index is 1.05. The van der Waals surface area contributed by atoms with E-state index in [1.165, 1.54) is 11.1 Å². The highest BCUT2D eigenvalue weighted by Gasteiger charge is 2.25. The van der Waals surface area contributed by atoms with Crippen molar-refractivity contribution in [3.8, 4) is 6.07 Å². The van der Waals surface area contributed by atoms with Crippen LogP contribution in [0.5, 0.6) is 0 Å². The highest BCUT2D eigenvalue weighted by molar-refractivity contribution is 5.97. The number of carbonyl (C=O) groups excluding carboxylic acids is 2. The number of nitriles is 1. The number of likely N-dealkylation sites (tertiary alicyclic amines) is 2. The lowest BCUT2D eigenvalue weighted by atomic mass is 9.90. The molecule has 2 aromatic carbocycles. The fourth-order valence-electron chi connectivity index (χ4n) is 5.91. The maximum atomic E-state index is 13.1. The second-order valence-electron chi connectivity index (χ2n) is 11.3. The van der Waals surface area contributed by atoms with Crippen LogP contribution in [0, 0.1) is 29.7 Å². The zero-order chi connectivity index (χ0) is 28.6. The SMILES string of the molecule is [C-]#[N+]c1ccc(CC2CCN(C(=O)c3ccc(C(=O)CC4CCN(Cc5ccc(C#N)cc5)CC4)nc3)CC2)cc1. The fraction of sp³-hybridized carbons (Fsp3) is 0.382. The Morgan fingerprint density at radius 1 is 0.878 bits per heavy atom. The van der Waals surface area contributed by atoms with Gasteiger partial charge in [0.2, 0.25) is 0 Å². The van der Waals surface area contributed by atoms with Crippen LogP contribution >= 0.6 is 0 Å². The third-order valence-electron chi connectivity index (χ3n) is 8.46. The molecule has 0 N–H and O–H groups in total. The molecule has 2 fully saturated rings. The molecule has 2 aliphatic heterocycles. The number of nitrogens with zero attached hydrogens (tertiary/aromatic N) is 5. The summed E-state index contributed by atoms with van der Waals surface area (Å²) in [5, 5.41) is 8.97. The predicted octanol–water partition coefficient (Wildman–Crippen LogP) is 6.08. The van der Waals surface area contributed by atoms with Crippen LogP contribution in [-0.4, -0.2) is 52.7 Å². The lowest BCUT2D eigenvalue weighted by molar-refractivity contribution is 0.0689. The van der Waals surface area contributed by atoms with Gasteiger partial charge in [-0.25, -0.2) is 4.85 Å². The normalized spacial score (nSPS) is 16.6. The number of aromatic nitrogens is 1. The van der Waals surface area contributed by atoms with Gasteiger partial charge >= 0.3 is 0 Å². The van der Waals surface area contributed by atoms with Crippen LogP contribution in [-0.2, 0) is 13.0 Å². The van der Waals surface area contributed by atoms with Crippen molar-refractivity contribution >= 4 is 17.4 Å². The summed E-state index contributed by atoms with van der Waals surface area (Å²) >= 11 is 0. The van der Waals surface area contributed by atoms with Gasteiger partial charge in [0, 0.05) is 32.3 Å². The first-order valence-electron chi connectivity index (χ1n) is 14.5. The molecule has 1 amide bonds. The van der Waals surface area contributed by atoms with Gasteiger partial charge < -0.3 is 4.90 Å². The van der Waals surface area contributed by atoms with E-state index < -0.39 is 0 Å². The minimum absolute atomic E-state index is 0.0222. The lowest BCUT2D eigenvalue weighted by Gasteiger charge is -2.32. The highest BCUT2D eigenvalue weighted by Crippen LogP contribution is 2.25. The number of amides is 1. The molecule has 3 heterocycles. The minimum Gasteiger partial charge on any atom is -0.339 e. The van der Waals surface area contributed by atoms with Gasteiger partial charge in [-0.15, -0.1) is 0 Å². The summed E-state index contributed by atoms with van der Waals surface area (Å²) in [6.45, 7) is 11.3. The molecule has 0 aliphatic carbocycles. The van der Waals surface area contributed by atoms with Crippen molar-refractivity contribution in [3.05, 3.63) is 106 Å². The van der Waals surface area contributed by atoms with E-state index in [1.54, 1.807) is 18.3 Å². The molecule has 0 spiro atoms. The van der Waals surface area contributed by atoms with Gasteiger partial charge in [-0.1, -0.05) is 42.0 Å². The van der Waals surface area contributed by atoms with Gasteiger partial charge in [0.05, 0.1) is 23.8 Å². The summed E-state index contributed by atoms with van der Waals surface area (Å²) < 4.78 is 0. The Kier molecular flexibility index (Phi) is 9.19. The molecule has 41 heavy (non-hydrogen) atoms. The molecule has 0 atom stereocenters. The average Bonchev–Trinajstić information content (AvgIpc) is 3.03. The molecule has 0 saturated carbocycles. The predicted molar refractivity (Wildman–Crippen MR) is 157 cm³/mol. The molecule has 2 saturated heterocycles. The third-order valence-corrected chi connectivity index (χ3v) is 8.46. The molecule has 2 aliphatic rings. The minimum atomic E-state index is -0.0222. The summed E-state index contributed by atoms with van der Waals surface area (Å²) in [4.78, 5) is 38.1. The number of piperidine rings is 2. The summed E-state index contributed by atoms with van der Waals surface area (Å²) in [5.74, 6) is 0.888.